The predicted molar refractivity (Wildman–Crippen MR) is 103 cm³/mol. The van der Waals surface area contributed by atoms with Crippen LogP contribution in [0, 0.1) is 5.92 Å². The third-order valence-electron chi connectivity index (χ3n) is 4.61. The van der Waals surface area contributed by atoms with E-state index in [4.69, 9.17) is 14.2 Å². The molecule has 1 heterocycles. The van der Waals surface area contributed by atoms with Crippen LogP contribution in [0.1, 0.15) is 25.8 Å². The molecule has 1 aliphatic rings. The molecule has 0 aromatic heterocycles. The van der Waals surface area contributed by atoms with Crippen LogP contribution in [0.3, 0.4) is 0 Å². The summed E-state index contributed by atoms with van der Waals surface area (Å²) in [5.74, 6) is 1.77. The lowest BCUT2D eigenvalue weighted by Gasteiger charge is -2.30. The zero-order chi connectivity index (χ0) is 20.2. The molecule has 1 fully saturated rings. The van der Waals surface area contributed by atoms with Crippen molar-refractivity contribution in [1.29, 1.82) is 0 Å². The molecule has 0 spiro atoms. The Morgan fingerprint density at radius 3 is 2.15 bits per heavy atom. The van der Waals surface area contributed by atoms with E-state index in [1.807, 2.05) is 13.8 Å². The minimum Gasteiger partial charge on any atom is -0.493 e. The van der Waals surface area contributed by atoms with Crippen molar-refractivity contribution >= 4 is 15.7 Å². The van der Waals surface area contributed by atoms with Gasteiger partial charge in [-0.05, 0) is 30.0 Å². The SMILES string of the molecule is COc1cc(CC(=O)N(CC(C)C)[C@H]2CCS(=O)(=O)C2)cc(OC)c1OC. The highest BCUT2D eigenvalue weighted by Crippen LogP contribution is 2.38. The average Bonchev–Trinajstić information content (AvgIpc) is 2.97. The van der Waals surface area contributed by atoms with E-state index in [1.165, 1.54) is 21.3 Å². The lowest BCUT2D eigenvalue weighted by Crippen LogP contribution is -2.44. The minimum atomic E-state index is -3.06. The van der Waals surface area contributed by atoms with Crippen LogP contribution in [0.2, 0.25) is 0 Å². The fourth-order valence-corrected chi connectivity index (χ4v) is 5.11. The first kappa shape index (κ1) is 21.3. The summed E-state index contributed by atoms with van der Waals surface area (Å²) < 4.78 is 39.7. The Morgan fingerprint density at radius 1 is 1.15 bits per heavy atom. The zero-order valence-electron chi connectivity index (χ0n) is 16.6. The maximum atomic E-state index is 13.0. The lowest BCUT2D eigenvalue weighted by molar-refractivity contribution is -0.132. The van der Waals surface area contributed by atoms with Gasteiger partial charge in [0, 0.05) is 12.6 Å². The van der Waals surface area contributed by atoms with Gasteiger partial charge < -0.3 is 19.1 Å². The number of amides is 1. The monoisotopic (exact) mass is 399 g/mol. The molecule has 1 aromatic rings. The summed E-state index contributed by atoms with van der Waals surface area (Å²) >= 11 is 0. The van der Waals surface area contributed by atoms with E-state index in [1.54, 1.807) is 17.0 Å². The fraction of sp³-hybridized carbons (Fsp3) is 0.632. The molecule has 1 saturated heterocycles. The maximum absolute atomic E-state index is 13.0. The van der Waals surface area contributed by atoms with Crippen LogP contribution in [0.25, 0.3) is 0 Å². The van der Waals surface area contributed by atoms with E-state index in [0.717, 1.165) is 5.56 Å². The van der Waals surface area contributed by atoms with Crippen molar-refractivity contribution in [2.24, 2.45) is 5.92 Å². The molecule has 27 heavy (non-hydrogen) atoms. The molecule has 0 N–H and O–H groups in total. The number of sulfone groups is 1. The van der Waals surface area contributed by atoms with Crippen LogP contribution in [-0.2, 0) is 21.1 Å². The summed E-state index contributed by atoms with van der Waals surface area (Å²) in [5, 5.41) is 0. The molecular weight excluding hydrogens is 370 g/mol. The van der Waals surface area contributed by atoms with Gasteiger partial charge in [0.1, 0.15) is 0 Å². The van der Waals surface area contributed by atoms with E-state index in [0.29, 0.717) is 30.2 Å². The number of nitrogens with zero attached hydrogens (tertiary/aromatic N) is 1. The minimum absolute atomic E-state index is 0.0424. The molecule has 7 nitrogen and oxygen atoms in total. The Bertz CT molecular complexity index is 749. The van der Waals surface area contributed by atoms with Gasteiger partial charge in [0.2, 0.25) is 11.7 Å². The van der Waals surface area contributed by atoms with Crippen molar-refractivity contribution in [1.82, 2.24) is 4.90 Å². The van der Waals surface area contributed by atoms with Crippen LogP contribution in [-0.4, -0.2) is 64.6 Å². The smallest absolute Gasteiger partial charge is 0.227 e. The highest BCUT2D eigenvalue weighted by molar-refractivity contribution is 7.91. The molecular formula is C19H29NO6S. The van der Waals surface area contributed by atoms with Crippen molar-refractivity contribution in [2.75, 3.05) is 39.4 Å². The van der Waals surface area contributed by atoms with E-state index in [-0.39, 0.29) is 35.8 Å². The van der Waals surface area contributed by atoms with Crippen LogP contribution in [0.15, 0.2) is 12.1 Å². The van der Waals surface area contributed by atoms with Crippen molar-refractivity contribution in [3.8, 4) is 17.2 Å². The molecule has 152 valence electrons. The summed E-state index contributed by atoms with van der Waals surface area (Å²) in [6.07, 6.45) is 0.635. The number of carbonyl (C=O) groups is 1. The Kier molecular flexibility index (Phi) is 6.97. The van der Waals surface area contributed by atoms with Gasteiger partial charge >= 0.3 is 0 Å². The molecule has 0 unspecified atom stereocenters. The first-order valence-corrected chi connectivity index (χ1v) is 10.8. The predicted octanol–water partition coefficient (Wildman–Crippen LogP) is 1.93. The summed E-state index contributed by atoms with van der Waals surface area (Å²) in [6, 6.07) is 3.24. The maximum Gasteiger partial charge on any atom is 0.227 e. The number of hydrogen-bond acceptors (Lipinski definition) is 6. The number of benzene rings is 1. The van der Waals surface area contributed by atoms with Crippen LogP contribution in [0.4, 0.5) is 0 Å². The van der Waals surface area contributed by atoms with Gasteiger partial charge in [-0.25, -0.2) is 8.42 Å². The molecule has 0 aliphatic carbocycles. The zero-order valence-corrected chi connectivity index (χ0v) is 17.5. The van der Waals surface area contributed by atoms with E-state index < -0.39 is 9.84 Å². The van der Waals surface area contributed by atoms with Crippen molar-refractivity contribution in [2.45, 2.75) is 32.7 Å². The Balaban J connectivity index is 2.26. The molecule has 2 rings (SSSR count). The topological polar surface area (TPSA) is 82.1 Å². The number of methoxy groups -OCH3 is 3. The number of hydrogen-bond donors (Lipinski definition) is 0. The Hall–Kier alpha value is -1.96. The lowest BCUT2D eigenvalue weighted by atomic mass is 10.1. The van der Waals surface area contributed by atoms with Crippen LogP contribution in [0.5, 0.6) is 17.2 Å². The van der Waals surface area contributed by atoms with Gasteiger partial charge in [-0.1, -0.05) is 13.8 Å². The van der Waals surface area contributed by atoms with Gasteiger partial charge in [-0.3, -0.25) is 4.79 Å². The summed E-state index contributed by atoms with van der Waals surface area (Å²) in [5.41, 5.74) is 0.726. The second-order valence-electron chi connectivity index (χ2n) is 7.21. The standard InChI is InChI=1S/C19H29NO6S/c1-13(2)11-20(15-6-7-27(22,23)12-15)18(21)10-14-8-16(24-3)19(26-5)17(9-14)25-4/h8-9,13,15H,6-7,10-12H2,1-5H3/t15-/m0/s1. The molecule has 0 saturated carbocycles. The Labute approximate surface area is 161 Å². The second kappa shape index (κ2) is 8.82. The van der Waals surface area contributed by atoms with Crippen molar-refractivity contribution in [3.63, 3.8) is 0 Å². The quantitative estimate of drug-likeness (QED) is 0.664. The van der Waals surface area contributed by atoms with E-state index in [2.05, 4.69) is 0 Å². The summed E-state index contributed by atoms with van der Waals surface area (Å²) in [7, 11) is 1.51. The molecule has 0 bridgehead atoms. The fourth-order valence-electron chi connectivity index (χ4n) is 3.38. The van der Waals surface area contributed by atoms with Crippen molar-refractivity contribution < 1.29 is 27.4 Å². The van der Waals surface area contributed by atoms with Crippen molar-refractivity contribution in [3.05, 3.63) is 17.7 Å². The van der Waals surface area contributed by atoms with Gasteiger partial charge in [0.25, 0.3) is 0 Å². The highest BCUT2D eigenvalue weighted by Gasteiger charge is 2.34. The second-order valence-corrected chi connectivity index (χ2v) is 9.44. The molecule has 1 atom stereocenters. The largest absolute Gasteiger partial charge is 0.493 e. The van der Waals surface area contributed by atoms with Gasteiger partial charge in [0.05, 0.1) is 39.3 Å². The number of rotatable bonds is 8. The highest BCUT2D eigenvalue weighted by atomic mass is 32.2. The van der Waals surface area contributed by atoms with Crippen LogP contribution >= 0.6 is 0 Å². The first-order valence-electron chi connectivity index (χ1n) is 8.99. The molecule has 1 amide bonds. The molecule has 8 heteroatoms. The van der Waals surface area contributed by atoms with Crippen LogP contribution < -0.4 is 14.2 Å². The third-order valence-corrected chi connectivity index (χ3v) is 6.36. The average molecular weight is 400 g/mol. The molecule has 0 radical (unpaired) electrons. The van der Waals surface area contributed by atoms with Gasteiger partial charge in [0.15, 0.2) is 21.3 Å². The Morgan fingerprint density at radius 2 is 1.74 bits per heavy atom. The normalized spacial score (nSPS) is 18.4. The van der Waals surface area contributed by atoms with Gasteiger partial charge in [-0.15, -0.1) is 0 Å². The van der Waals surface area contributed by atoms with E-state index >= 15 is 0 Å². The number of ether oxygens (including phenoxy) is 3. The molecule has 1 aliphatic heterocycles. The summed E-state index contributed by atoms with van der Waals surface area (Å²) in [6.45, 7) is 4.57. The molecule has 1 aromatic carbocycles. The third kappa shape index (κ3) is 5.28. The first-order chi connectivity index (χ1) is 12.7. The van der Waals surface area contributed by atoms with Gasteiger partial charge in [-0.2, -0.15) is 0 Å². The summed E-state index contributed by atoms with van der Waals surface area (Å²) in [4.78, 5) is 14.7. The van der Waals surface area contributed by atoms with E-state index in [9.17, 15) is 13.2 Å². The number of carbonyl (C=O) groups excluding carboxylic acids is 1.